The van der Waals surface area contributed by atoms with Gasteiger partial charge in [0.1, 0.15) is 0 Å². The molecule has 0 atom stereocenters. The van der Waals surface area contributed by atoms with Gasteiger partial charge in [0.05, 0.1) is 6.42 Å². The van der Waals surface area contributed by atoms with E-state index < -0.39 is 5.97 Å². The molecule has 1 aromatic carbocycles. The molecule has 108 valence electrons. The summed E-state index contributed by atoms with van der Waals surface area (Å²) in [6.07, 6.45) is 0.255. The minimum absolute atomic E-state index is 0.103. The molecular weight excluding hydrogens is 260 g/mol. The Morgan fingerprint density at radius 3 is 2.60 bits per heavy atom. The van der Waals surface area contributed by atoms with Gasteiger partial charge in [0.2, 0.25) is 5.91 Å². The molecule has 1 aromatic rings. The lowest BCUT2D eigenvalue weighted by molar-refractivity contribution is -0.137. The van der Waals surface area contributed by atoms with Gasteiger partial charge in [0.25, 0.3) is 5.91 Å². The molecule has 0 spiro atoms. The molecule has 0 aliphatic carbocycles. The molecule has 0 aliphatic rings. The smallest absolute Gasteiger partial charge is 0.305 e. The zero-order chi connectivity index (χ0) is 15.1. The number of hydrogen-bond donors (Lipinski definition) is 2. The zero-order valence-corrected chi connectivity index (χ0v) is 11.5. The molecule has 6 heteroatoms. The van der Waals surface area contributed by atoms with Crippen LogP contribution in [0.4, 0.5) is 5.69 Å². The molecule has 0 saturated heterocycles. The second kappa shape index (κ2) is 7.28. The van der Waals surface area contributed by atoms with Gasteiger partial charge >= 0.3 is 5.97 Å². The summed E-state index contributed by atoms with van der Waals surface area (Å²) in [5, 5.41) is 11.3. The van der Waals surface area contributed by atoms with E-state index in [1.807, 2.05) is 0 Å². The predicted molar refractivity (Wildman–Crippen MR) is 74.6 cm³/mol. The molecule has 0 fully saturated rings. The van der Waals surface area contributed by atoms with E-state index in [4.69, 9.17) is 5.11 Å². The van der Waals surface area contributed by atoms with Crippen LogP contribution in [0.3, 0.4) is 0 Å². The van der Waals surface area contributed by atoms with Crippen LogP contribution < -0.4 is 5.32 Å². The van der Waals surface area contributed by atoms with Crippen LogP contribution in [0.2, 0.25) is 0 Å². The molecular formula is C14H18N2O4. The number of rotatable bonds is 6. The second-order valence-corrected chi connectivity index (χ2v) is 4.35. The number of anilines is 1. The van der Waals surface area contributed by atoms with E-state index in [1.54, 1.807) is 38.2 Å². The molecule has 6 nitrogen and oxygen atoms in total. The van der Waals surface area contributed by atoms with Gasteiger partial charge in [0, 0.05) is 31.3 Å². The molecule has 20 heavy (non-hydrogen) atoms. The molecule has 2 N–H and O–H groups in total. The van der Waals surface area contributed by atoms with Crippen molar-refractivity contribution in [2.75, 3.05) is 18.9 Å². The highest BCUT2D eigenvalue weighted by molar-refractivity contribution is 5.97. The Kier molecular flexibility index (Phi) is 5.71. The lowest BCUT2D eigenvalue weighted by atomic mass is 10.1. The van der Waals surface area contributed by atoms with Crippen molar-refractivity contribution in [1.82, 2.24) is 4.90 Å². The first-order valence-electron chi connectivity index (χ1n) is 6.31. The first kappa shape index (κ1) is 15.7. The van der Waals surface area contributed by atoms with Gasteiger partial charge in [-0.1, -0.05) is 13.0 Å². The highest BCUT2D eigenvalue weighted by atomic mass is 16.4. The van der Waals surface area contributed by atoms with Crippen molar-refractivity contribution in [3.8, 4) is 0 Å². The van der Waals surface area contributed by atoms with E-state index in [0.29, 0.717) is 17.7 Å². The van der Waals surface area contributed by atoms with Crippen LogP contribution in [0.25, 0.3) is 0 Å². The molecule has 0 saturated carbocycles. The third-order valence-corrected chi connectivity index (χ3v) is 2.72. The number of nitrogens with one attached hydrogen (secondary N) is 1. The van der Waals surface area contributed by atoms with Crippen LogP contribution in [0.1, 0.15) is 30.1 Å². The number of amides is 2. The Morgan fingerprint density at radius 1 is 1.30 bits per heavy atom. The number of benzene rings is 1. The number of hydrogen-bond acceptors (Lipinski definition) is 3. The average molecular weight is 278 g/mol. The number of carboxylic acid groups (broad SMARTS) is 1. The largest absolute Gasteiger partial charge is 0.481 e. The van der Waals surface area contributed by atoms with E-state index in [2.05, 4.69) is 5.32 Å². The van der Waals surface area contributed by atoms with Gasteiger partial charge in [-0.3, -0.25) is 14.4 Å². The normalized spacial score (nSPS) is 9.90. The fourth-order valence-corrected chi connectivity index (χ4v) is 1.56. The molecule has 0 unspecified atom stereocenters. The van der Waals surface area contributed by atoms with Crippen LogP contribution in [0.15, 0.2) is 24.3 Å². The van der Waals surface area contributed by atoms with E-state index in [1.165, 1.54) is 4.90 Å². The van der Waals surface area contributed by atoms with Crippen molar-refractivity contribution in [2.45, 2.75) is 19.8 Å². The van der Waals surface area contributed by atoms with Crippen molar-refractivity contribution < 1.29 is 19.5 Å². The van der Waals surface area contributed by atoms with Gasteiger partial charge in [-0.2, -0.15) is 0 Å². The number of aliphatic carboxylic acids is 1. The molecule has 0 aliphatic heterocycles. The first-order valence-corrected chi connectivity index (χ1v) is 6.31. The third-order valence-electron chi connectivity index (χ3n) is 2.72. The molecule has 0 heterocycles. The highest BCUT2D eigenvalue weighted by Gasteiger charge is 2.13. The monoisotopic (exact) mass is 278 g/mol. The topological polar surface area (TPSA) is 86.7 Å². The Balaban J connectivity index is 2.75. The number of carbonyl (C=O) groups is 3. The van der Waals surface area contributed by atoms with Crippen LogP contribution in [0.5, 0.6) is 0 Å². The summed E-state index contributed by atoms with van der Waals surface area (Å²) in [5.74, 6) is -1.36. The SMILES string of the molecule is CCC(=O)Nc1cccc(C(=O)N(C)CCC(=O)O)c1. The maximum Gasteiger partial charge on any atom is 0.305 e. The molecule has 2 amide bonds. The van der Waals surface area contributed by atoms with Crippen molar-refractivity contribution >= 4 is 23.5 Å². The lowest BCUT2D eigenvalue weighted by Crippen LogP contribution is -2.29. The Morgan fingerprint density at radius 2 is 2.00 bits per heavy atom. The second-order valence-electron chi connectivity index (χ2n) is 4.35. The van der Waals surface area contributed by atoms with Crippen molar-refractivity contribution in [1.29, 1.82) is 0 Å². The summed E-state index contributed by atoms with van der Waals surface area (Å²) < 4.78 is 0. The first-order chi connectivity index (χ1) is 9.43. The fraction of sp³-hybridized carbons (Fsp3) is 0.357. The molecule has 1 rings (SSSR count). The van der Waals surface area contributed by atoms with Crippen LogP contribution >= 0.6 is 0 Å². The summed E-state index contributed by atoms with van der Waals surface area (Å²) in [5.41, 5.74) is 0.959. The van der Waals surface area contributed by atoms with Gasteiger partial charge in [-0.05, 0) is 18.2 Å². The van der Waals surface area contributed by atoms with E-state index in [-0.39, 0.29) is 24.8 Å². The molecule has 0 bridgehead atoms. The summed E-state index contributed by atoms with van der Waals surface area (Å²) in [7, 11) is 1.54. The Hall–Kier alpha value is -2.37. The standard InChI is InChI=1S/C14H18N2O4/c1-3-12(17)15-11-6-4-5-10(9-11)14(20)16(2)8-7-13(18)19/h4-6,9H,3,7-8H2,1-2H3,(H,15,17)(H,18,19). The Labute approximate surface area is 117 Å². The summed E-state index contributed by atoms with van der Waals surface area (Å²) >= 11 is 0. The summed E-state index contributed by atoms with van der Waals surface area (Å²) in [4.78, 5) is 35.2. The predicted octanol–water partition coefficient (Wildman–Crippen LogP) is 1.58. The van der Waals surface area contributed by atoms with Crippen molar-refractivity contribution in [3.05, 3.63) is 29.8 Å². The lowest BCUT2D eigenvalue weighted by Gasteiger charge is -2.16. The minimum Gasteiger partial charge on any atom is -0.481 e. The zero-order valence-electron chi connectivity index (χ0n) is 11.5. The maximum absolute atomic E-state index is 12.1. The van der Waals surface area contributed by atoms with Crippen molar-refractivity contribution in [3.63, 3.8) is 0 Å². The Bertz CT molecular complexity index is 514. The number of carbonyl (C=O) groups excluding carboxylic acids is 2. The minimum atomic E-state index is -0.950. The fourth-order valence-electron chi connectivity index (χ4n) is 1.56. The van der Waals surface area contributed by atoms with Gasteiger partial charge in [0.15, 0.2) is 0 Å². The van der Waals surface area contributed by atoms with Crippen LogP contribution in [0, 0.1) is 0 Å². The quantitative estimate of drug-likeness (QED) is 0.827. The van der Waals surface area contributed by atoms with Crippen molar-refractivity contribution in [2.24, 2.45) is 0 Å². The third kappa shape index (κ3) is 4.72. The number of nitrogens with zero attached hydrogens (tertiary/aromatic N) is 1. The highest BCUT2D eigenvalue weighted by Crippen LogP contribution is 2.13. The van der Waals surface area contributed by atoms with Crippen LogP contribution in [-0.2, 0) is 9.59 Å². The van der Waals surface area contributed by atoms with E-state index in [0.717, 1.165) is 0 Å². The maximum atomic E-state index is 12.1. The molecule has 0 radical (unpaired) electrons. The van der Waals surface area contributed by atoms with E-state index >= 15 is 0 Å². The van der Waals surface area contributed by atoms with E-state index in [9.17, 15) is 14.4 Å². The number of carboxylic acids is 1. The van der Waals surface area contributed by atoms with Gasteiger partial charge in [-0.15, -0.1) is 0 Å². The summed E-state index contributed by atoms with van der Waals surface area (Å²) in [6, 6.07) is 6.57. The van der Waals surface area contributed by atoms with Crippen LogP contribution in [-0.4, -0.2) is 41.4 Å². The van der Waals surface area contributed by atoms with Gasteiger partial charge < -0.3 is 15.3 Å². The van der Waals surface area contributed by atoms with Gasteiger partial charge in [-0.25, -0.2) is 0 Å². The summed E-state index contributed by atoms with van der Waals surface area (Å²) in [6.45, 7) is 1.88. The average Bonchev–Trinajstić information content (AvgIpc) is 2.44. The molecule has 0 aromatic heterocycles.